The lowest BCUT2D eigenvalue weighted by atomic mass is 10.0. The van der Waals surface area contributed by atoms with Crippen molar-refractivity contribution in [2.45, 2.75) is 6.18 Å². The van der Waals surface area contributed by atoms with E-state index in [9.17, 15) is 18.0 Å². The number of benzene rings is 2. The summed E-state index contributed by atoms with van der Waals surface area (Å²) >= 11 is 0. The molecule has 6 aromatic rings. The molecule has 4 N–H and O–H groups in total. The molecule has 0 spiro atoms. The van der Waals surface area contributed by atoms with E-state index >= 15 is 0 Å². The highest BCUT2D eigenvalue weighted by Crippen LogP contribution is 2.40. The van der Waals surface area contributed by atoms with Gasteiger partial charge in [0, 0.05) is 17.1 Å². The van der Waals surface area contributed by atoms with Crippen LogP contribution in [0.25, 0.3) is 44.2 Å². The quantitative estimate of drug-likeness (QED) is 0.307. The van der Waals surface area contributed by atoms with Gasteiger partial charge in [0.2, 0.25) is 0 Å². The summed E-state index contributed by atoms with van der Waals surface area (Å²) in [6.45, 7) is 0. The number of alkyl halides is 3. The van der Waals surface area contributed by atoms with Crippen LogP contribution in [0.3, 0.4) is 0 Å². The molecule has 0 amide bonds. The zero-order valence-corrected chi connectivity index (χ0v) is 17.0. The lowest BCUT2D eigenvalue weighted by Gasteiger charge is -2.14. The van der Waals surface area contributed by atoms with Crippen molar-refractivity contribution < 1.29 is 13.2 Å². The molecule has 0 aliphatic carbocycles. The van der Waals surface area contributed by atoms with Crippen LogP contribution < -0.4 is 10.9 Å². The number of fused-ring (bicyclic) bond motifs is 3. The molecule has 0 aliphatic rings. The van der Waals surface area contributed by atoms with Gasteiger partial charge in [0.25, 0.3) is 5.56 Å². The number of halogens is 3. The minimum atomic E-state index is -4.83. The fourth-order valence-corrected chi connectivity index (χ4v) is 3.96. The van der Waals surface area contributed by atoms with Crippen LogP contribution in [0.1, 0.15) is 5.56 Å². The highest BCUT2D eigenvalue weighted by molar-refractivity contribution is 5.96. The first-order valence-corrected chi connectivity index (χ1v) is 10.0. The Morgan fingerprint density at radius 1 is 0.853 bits per heavy atom. The van der Waals surface area contributed by atoms with Gasteiger partial charge < -0.3 is 5.32 Å². The fraction of sp³-hybridized carbons (Fsp3) is 0.0455. The molecule has 0 atom stereocenters. The Morgan fingerprint density at radius 2 is 1.68 bits per heavy atom. The summed E-state index contributed by atoms with van der Waals surface area (Å²) in [7, 11) is 0. The number of H-pyrrole nitrogens is 3. The summed E-state index contributed by atoms with van der Waals surface area (Å²) in [5, 5.41) is 15.6. The molecule has 0 unspecified atom stereocenters. The Kier molecular flexibility index (Phi) is 4.18. The summed E-state index contributed by atoms with van der Waals surface area (Å²) in [5.41, 5.74) is -1.36. The molecule has 6 rings (SSSR count). The first-order valence-electron chi connectivity index (χ1n) is 10.0. The van der Waals surface area contributed by atoms with Gasteiger partial charge in [-0.25, -0.2) is 15.0 Å². The van der Waals surface area contributed by atoms with Gasteiger partial charge in [-0.3, -0.25) is 20.1 Å². The smallest absolute Gasteiger partial charge is 0.322 e. The molecule has 2 aromatic carbocycles. The lowest BCUT2D eigenvalue weighted by molar-refractivity contribution is -0.135. The Balaban J connectivity index is 1.61. The van der Waals surface area contributed by atoms with Crippen LogP contribution in [-0.4, -0.2) is 35.3 Å². The molecule has 0 saturated heterocycles. The monoisotopic (exact) mass is 462 g/mol. The van der Waals surface area contributed by atoms with E-state index in [1.54, 1.807) is 12.1 Å². The van der Waals surface area contributed by atoms with E-state index < -0.39 is 22.7 Å². The first-order chi connectivity index (χ1) is 16.4. The Bertz CT molecular complexity index is 1770. The maximum Gasteiger partial charge on any atom is 0.417 e. The highest BCUT2D eigenvalue weighted by atomic mass is 19.4. The van der Waals surface area contributed by atoms with Crippen LogP contribution in [0, 0.1) is 0 Å². The summed E-state index contributed by atoms with van der Waals surface area (Å²) in [5.74, 6) is 0.434. The largest absolute Gasteiger partial charge is 0.417 e. The molecule has 34 heavy (non-hydrogen) atoms. The molecule has 4 aromatic heterocycles. The predicted octanol–water partition coefficient (Wildman–Crippen LogP) is 4.50. The second-order valence-corrected chi connectivity index (χ2v) is 7.50. The molecule has 0 saturated carbocycles. The fourth-order valence-electron chi connectivity index (χ4n) is 3.96. The molecular weight excluding hydrogens is 449 g/mol. The number of nitrogens with one attached hydrogen (secondary N) is 4. The number of anilines is 2. The Morgan fingerprint density at radius 3 is 2.53 bits per heavy atom. The zero-order valence-electron chi connectivity index (χ0n) is 17.0. The van der Waals surface area contributed by atoms with Gasteiger partial charge in [-0.05, 0) is 36.4 Å². The van der Waals surface area contributed by atoms with Crippen molar-refractivity contribution in [2.75, 3.05) is 5.32 Å². The van der Waals surface area contributed by atoms with E-state index in [-0.39, 0.29) is 28.4 Å². The third kappa shape index (κ3) is 3.07. The van der Waals surface area contributed by atoms with Crippen LogP contribution in [-0.2, 0) is 6.18 Å². The lowest BCUT2D eigenvalue weighted by Crippen LogP contribution is -2.13. The average molecular weight is 462 g/mol. The third-order valence-corrected chi connectivity index (χ3v) is 5.45. The van der Waals surface area contributed by atoms with Crippen LogP contribution in [0.5, 0.6) is 0 Å². The van der Waals surface area contributed by atoms with Crippen molar-refractivity contribution in [2.24, 2.45) is 0 Å². The van der Waals surface area contributed by atoms with E-state index in [1.165, 1.54) is 18.3 Å². The molecule has 0 radical (unpaired) electrons. The van der Waals surface area contributed by atoms with Gasteiger partial charge >= 0.3 is 6.18 Å². The molecule has 12 heteroatoms. The molecule has 9 nitrogen and oxygen atoms in total. The number of nitrogens with zero attached hydrogens (tertiary/aromatic N) is 4. The Labute approximate surface area is 187 Å². The van der Waals surface area contributed by atoms with Crippen molar-refractivity contribution in [1.29, 1.82) is 0 Å². The van der Waals surface area contributed by atoms with Crippen LogP contribution >= 0.6 is 0 Å². The van der Waals surface area contributed by atoms with Gasteiger partial charge in [-0.2, -0.15) is 18.3 Å². The summed E-state index contributed by atoms with van der Waals surface area (Å²) in [4.78, 5) is 25.1. The molecule has 0 bridgehead atoms. The minimum absolute atomic E-state index is 0.0290. The maximum atomic E-state index is 14.1. The summed E-state index contributed by atoms with van der Waals surface area (Å²) in [6.07, 6.45) is -3.35. The molecular formula is C22H13F3N8O. The molecule has 0 aliphatic heterocycles. The maximum absolute atomic E-state index is 14.1. The van der Waals surface area contributed by atoms with Gasteiger partial charge in [0.05, 0.1) is 27.4 Å². The van der Waals surface area contributed by atoms with E-state index in [0.717, 1.165) is 10.9 Å². The molecule has 4 heterocycles. The Hall–Kier alpha value is -4.74. The zero-order chi connectivity index (χ0) is 23.4. The topological polar surface area (TPSA) is 128 Å². The van der Waals surface area contributed by atoms with Crippen LogP contribution in [0.15, 0.2) is 59.5 Å². The predicted molar refractivity (Wildman–Crippen MR) is 120 cm³/mol. The number of aromatic nitrogens is 7. The van der Waals surface area contributed by atoms with Gasteiger partial charge in [-0.15, -0.1) is 0 Å². The first kappa shape index (κ1) is 19.9. The molecule has 0 fully saturated rings. The van der Waals surface area contributed by atoms with Crippen molar-refractivity contribution in [3.05, 3.63) is 70.6 Å². The van der Waals surface area contributed by atoms with Crippen molar-refractivity contribution in [3.8, 4) is 11.4 Å². The third-order valence-electron chi connectivity index (χ3n) is 5.45. The minimum Gasteiger partial charge on any atom is -0.322 e. The number of rotatable bonds is 3. The second-order valence-electron chi connectivity index (χ2n) is 7.50. The highest BCUT2D eigenvalue weighted by Gasteiger charge is 2.38. The second kappa shape index (κ2) is 7.13. The van der Waals surface area contributed by atoms with E-state index in [1.807, 2.05) is 24.3 Å². The summed E-state index contributed by atoms with van der Waals surface area (Å²) < 4.78 is 42.4. The summed E-state index contributed by atoms with van der Waals surface area (Å²) in [6, 6.07) is 13.4. The van der Waals surface area contributed by atoms with Gasteiger partial charge in [0.1, 0.15) is 5.82 Å². The number of aromatic amines is 3. The average Bonchev–Trinajstić information content (AvgIpc) is 3.41. The van der Waals surface area contributed by atoms with E-state index in [4.69, 9.17) is 0 Å². The number of pyridine rings is 1. The van der Waals surface area contributed by atoms with Crippen LogP contribution in [0.2, 0.25) is 0 Å². The van der Waals surface area contributed by atoms with Crippen molar-refractivity contribution in [3.63, 3.8) is 0 Å². The number of para-hydroxylation sites is 1. The van der Waals surface area contributed by atoms with Crippen molar-refractivity contribution in [1.82, 2.24) is 35.3 Å². The van der Waals surface area contributed by atoms with Crippen molar-refractivity contribution >= 4 is 44.5 Å². The standard InChI is InChI=1S/C22H13F3N8O/c23-22(24,25)16-11(7-8-14-15(16)21(34)33-31-14)18-27-17-12(5-3-9-26-17)19(28-18)29-20-10-4-1-2-6-13(10)30-32-20/h1-9H,(H2,31,33,34)(H2,26,27,28,29,30,32). The normalized spacial score (nSPS) is 12.1. The SMILES string of the molecule is O=c1[nH][nH]c2ccc(-c3nc(Nc4n[nH]c5ccccc45)c4cccnc4n3)c(C(F)(F)F)c12. The molecule has 168 valence electrons. The van der Waals surface area contributed by atoms with Gasteiger partial charge in [-0.1, -0.05) is 12.1 Å². The van der Waals surface area contributed by atoms with Gasteiger partial charge in [0.15, 0.2) is 17.3 Å². The van der Waals surface area contributed by atoms with Crippen LogP contribution in [0.4, 0.5) is 24.8 Å². The number of hydrogen-bond acceptors (Lipinski definition) is 6. The number of hydrogen-bond donors (Lipinski definition) is 4. The van der Waals surface area contributed by atoms with E-state index in [2.05, 4.69) is 40.7 Å². The van der Waals surface area contributed by atoms with E-state index in [0.29, 0.717) is 11.2 Å².